The van der Waals surface area contributed by atoms with Gasteiger partial charge in [0.2, 0.25) is 5.95 Å². The summed E-state index contributed by atoms with van der Waals surface area (Å²) in [7, 11) is 0. The molecule has 0 saturated heterocycles. The van der Waals surface area contributed by atoms with Gasteiger partial charge in [-0.2, -0.15) is 10.1 Å². The molecular weight excluding hydrogens is 354 g/mol. The van der Waals surface area contributed by atoms with Gasteiger partial charge in [-0.05, 0) is 33.6 Å². The molecule has 0 aliphatic heterocycles. The van der Waals surface area contributed by atoms with Crippen molar-refractivity contribution in [2.24, 2.45) is 0 Å². The summed E-state index contributed by atoms with van der Waals surface area (Å²) in [4.78, 5) is 8.29. The van der Waals surface area contributed by atoms with Gasteiger partial charge in [-0.1, -0.05) is 0 Å². The van der Waals surface area contributed by atoms with Gasteiger partial charge in [0.1, 0.15) is 5.82 Å². The maximum absolute atomic E-state index is 13.8. The van der Waals surface area contributed by atoms with Crippen molar-refractivity contribution in [1.29, 1.82) is 0 Å². The van der Waals surface area contributed by atoms with Crippen LogP contribution in [0, 0.1) is 0 Å². The third-order valence-electron chi connectivity index (χ3n) is 4.16. The molecule has 0 radical (unpaired) electrons. The van der Waals surface area contributed by atoms with Gasteiger partial charge in [0.15, 0.2) is 0 Å². The van der Waals surface area contributed by atoms with Gasteiger partial charge in [-0.15, -0.1) is 0 Å². The van der Waals surface area contributed by atoms with Crippen LogP contribution >= 0.6 is 0 Å². The Morgan fingerprint density at radius 2 is 2.00 bits per heavy atom. The average molecular weight is 380 g/mol. The van der Waals surface area contributed by atoms with E-state index in [0.29, 0.717) is 19.0 Å². The molecule has 3 N–H and O–H groups in total. The van der Waals surface area contributed by atoms with Crippen molar-refractivity contribution in [3.8, 4) is 0 Å². The van der Waals surface area contributed by atoms with Gasteiger partial charge in [0, 0.05) is 31.8 Å². The van der Waals surface area contributed by atoms with Crippen molar-refractivity contribution in [2.45, 2.75) is 64.5 Å². The first-order valence-corrected chi connectivity index (χ1v) is 9.13. The van der Waals surface area contributed by atoms with Crippen molar-refractivity contribution in [2.75, 3.05) is 17.2 Å². The average Bonchev–Trinajstić information content (AvgIpc) is 3.29. The highest BCUT2D eigenvalue weighted by molar-refractivity contribution is 5.59. The fourth-order valence-corrected chi connectivity index (χ4v) is 2.85. The van der Waals surface area contributed by atoms with Crippen molar-refractivity contribution in [1.82, 2.24) is 19.7 Å². The van der Waals surface area contributed by atoms with E-state index in [4.69, 9.17) is 0 Å². The van der Waals surface area contributed by atoms with Gasteiger partial charge in [-0.3, -0.25) is 4.68 Å². The normalized spacial score (nSPS) is 15.1. The van der Waals surface area contributed by atoms with Crippen molar-refractivity contribution in [3.05, 3.63) is 23.7 Å². The van der Waals surface area contributed by atoms with E-state index >= 15 is 0 Å². The van der Waals surface area contributed by atoms with Crippen LogP contribution in [0.15, 0.2) is 12.4 Å². The van der Waals surface area contributed by atoms with E-state index in [0.717, 1.165) is 37.3 Å². The molecule has 0 atom stereocenters. The minimum absolute atomic E-state index is 0.111. The first kappa shape index (κ1) is 19.5. The number of hydrogen-bond donors (Lipinski definition) is 3. The quantitative estimate of drug-likeness (QED) is 0.648. The Hall–Kier alpha value is -2.29. The summed E-state index contributed by atoms with van der Waals surface area (Å²) in [6, 6.07) is 0. The number of hydrogen-bond acceptors (Lipinski definition) is 6. The van der Waals surface area contributed by atoms with Crippen LogP contribution in [0.5, 0.6) is 0 Å². The largest absolute Gasteiger partial charge is 0.389 e. The van der Waals surface area contributed by atoms with Crippen LogP contribution < -0.4 is 10.6 Å². The standard InChI is InChI=1S/C18H26F2N6O/c1-5-21-15-12(18(4,19)20)8-22-16(24-15)23-13-9-26(10-17(2,3)27)25-14(13)11-6-7-11/h8-9,11,27H,5-7,10H2,1-4H3,(H2,21,22,23,24). The molecule has 1 fully saturated rings. The molecule has 27 heavy (non-hydrogen) atoms. The van der Waals surface area contributed by atoms with Gasteiger partial charge in [0.05, 0.1) is 29.1 Å². The minimum atomic E-state index is -3.03. The molecule has 0 unspecified atom stereocenters. The van der Waals surface area contributed by atoms with E-state index in [9.17, 15) is 13.9 Å². The van der Waals surface area contributed by atoms with Crippen molar-refractivity contribution < 1.29 is 13.9 Å². The second kappa shape index (κ2) is 7.03. The van der Waals surface area contributed by atoms with E-state index in [1.165, 1.54) is 0 Å². The summed E-state index contributed by atoms with van der Waals surface area (Å²) in [5.41, 5.74) is 0.487. The molecule has 2 aromatic rings. The summed E-state index contributed by atoms with van der Waals surface area (Å²) in [5, 5.41) is 20.6. The highest BCUT2D eigenvalue weighted by Crippen LogP contribution is 2.43. The zero-order valence-corrected chi connectivity index (χ0v) is 16.1. The fraction of sp³-hybridized carbons (Fsp3) is 0.611. The van der Waals surface area contributed by atoms with Gasteiger partial charge < -0.3 is 15.7 Å². The van der Waals surface area contributed by atoms with Gasteiger partial charge in [0.25, 0.3) is 5.92 Å². The Balaban J connectivity index is 1.89. The van der Waals surface area contributed by atoms with Crippen LogP contribution in [0.4, 0.5) is 26.2 Å². The van der Waals surface area contributed by atoms with Gasteiger partial charge >= 0.3 is 0 Å². The molecule has 1 aliphatic rings. The lowest BCUT2D eigenvalue weighted by Crippen LogP contribution is -2.26. The lowest BCUT2D eigenvalue weighted by atomic mass is 10.1. The van der Waals surface area contributed by atoms with E-state index in [1.807, 2.05) is 6.92 Å². The SMILES string of the molecule is CCNc1nc(Nc2cn(CC(C)(C)O)nc2C2CC2)ncc1C(C)(F)F. The van der Waals surface area contributed by atoms with Gasteiger partial charge in [-0.25, -0.2) is 13.8 Å². The Bertz CT molecular complexity index is 805. The molecule has 2 aromatic heterocycles. The number of rotatable bonds is 8. The zero-order chi connectivity index (χ0) is 19.8. The van der Waals surface area contributed by atoms with Crippen LogP contribution in [-0.4, -0.2) is 37.0 Å². The van der Waals surface area contributed by atoms with Crippen molar-refractivity contribution in [3.63, 3.8) is 0 Å². The number of nitrogens with zero attached hydrogens (tertiary/aromatic N) is 4. The molecule has 2 heterocycles. The Kier molecular flexibility index (Phi) is 5.07. The first-order valence-electron chi connectivity index (χ1n) is 9.13. The van der Waals surface area contributed by atoms with E-state index in [-0.39, 0.29) is 17.3 Å². The summed E-state index contributed by atoms with van der Waals surface area (Å²) in [6.45, 7) is 6.89. The van der Waals surface area contributed by atoms with Crippen molar-refractivity contribution >= 4 is 17.5 Å². The molecular formula is C18H26F2N6O. The number of alkyl halides is 2. The van der Waals surface area contributed by atoms with Crippen LogP contribution in [0.3, 0.4) is 0 Å². The van der Waals surface area contributed by atoms with Crippen LogP contribution in [0.2, 0.25) is 0 Å². The predicted octanol–water partition coefficient (Wildman–Crippen LogP) is 3.61. The van der Waals surface area contributed by atoms with E-state index in [2.05, 4.69) is 25.7 Å². The predicted molar refractivity (Wildman–Crippen MR) is 99.5 cm³/mol. The fourth-order valence-electron chi connectivity index (χ4n) is 2.85. The molecule has 0 bridgehead atoms. The summed E-state index contributed by atoms with van der Waals surface area (Å²) in [5.74, 6) is -2.33. The van der Waals surface area contributed by atoms with E-state index in [1.54, 1.807) is 24.7 Å². The Morgan fingerprint density at radius 3 is 2.56 bits per heavy atom. The number of halogens is 2. The maximum atomic E-state index is 13.8. The molecule has 0 spiro atoms. The molecule has 0 aromatic carbocycles. The van der Waals surface area contributed by atoms with Crippen LogP contribution in [0.1, 0.15) is 57.7 Å². The second-order valence-corrected chi connectivity index (χ2v) is 7.71. The number of nitrogens with one attached hydrogen (secondary N) is 2. The molecule has 9 heteroatoms. The summed E-state index contributed by atoms with van der Waals surface area (Å²) < 4.78 is 29.2. The van der Waals surface area contributed by atoms with E-state index < -0.39 is 11.5 Å². The monoisotopic (exact) mass is 380 g/mol. The number of aliphatic hydroxyl groups is 1. The zero-order valence-electron chi connectivity index (χ0n) is 16.1. The molecule has 7 nitrogen and oxygen atoms in total. The molecule has 148 valence electrons. The third kappa shape index (κ3) is 4.91. The molecule has 1 aliphatic carbocycles. The number of anilines is 3. The lowest BCUT2D eigenvalue weighted by Gasteiger charge is -2.16. The Morgan fingerprint density at radius 1 is 1.30 bits per heavy atom. The maximum Gasteiger partial charge on any atom is 0.275 e. The third-order valence-corrected chi connectivity index (χ3v) is 4.16. The van der Waals surface area contributed by atoms with Crippen LogP contribution in [-0.2, 0) is 12.5 Å². The number of aromatic nitrogens is 4. The van der Waals surface area contributed by atoms with Crippen LogP contribution in [0.25, 0.3) is 0 Å². The molecule has 0 amide bonds. The molecule has 3 rings (SSSR count). The topological polar surface area (TPSA) is 87.9 Å². The summed E-state index contributed by atoms with van der Waals surface area (Å²) >= 11 is 0. The smallest absolute Gasteiger partial charge is 0.275 e. The Labute approximate surface area is 157 Å². The summed E-state index contributed by atoms with van der Waals surface area (Å²) in [6.07, 6.45) is 5.05. The molecule has 1 saturated carbocycles. The highest BCUT2D eigenvalue weighted by Gasteiger charge is 2.32. The second-order valence-electron chi connectivity index (χ2n) is 7.71. The minimum Gasteiger partial charge on any atom is -0.389 e. The first-order chi connectivity index (χ1) is 12.6. The lowest BCUT2D eigenvalue weighted by molar-refractivity contribution is 0.0176. The highest BCUT2D eigenvalue weighted by atomic mass is 19.3.